The van der Waals surface area contributed by atoms with Gasteiger partial charge < -0.3 is 10.2 Å². The van der Waals surface area contributed by atoms with Crippen LogP contribution in [0.5, 0.6) is 0 Å². The first-order valence-corrected chi connectivity index (χ1v) is 14.0. The molecule has 3 rings (SSSR count). The Morgan fingerprint density at radius 2 is 1.51 bits per heavy atom. The summed E-state index contributed by atoms with van der Waals surface area (Å²) in [4.78, 5) is 28.2. The van der Waals surface area contributed by atoms with Gasteiger partial charge in [-0.05, 0) is 55.3 Å². The minimum Gasteiger partial charge on any atom is -0.355 e. The second-order valence-electron chi connectivity index (χ2n) is 8.24. The molecule has 0 saturated carbocycles. The number of amides is 2. The highest BCUT2D eigenvalue weighted by Gasteiger charge is 2.34. The molecule has 0 aliphatic rings. The molecule has 0 aliphatic carbocycles. The standard InChI is InChI=1S/C27H29Cl2N3O4S/c1-3-24(27(34)30-4-2)31(18-20-14-16-21(28)17-15-20)26(33)19-32(25-13-9-8-12-23(25)29)37(35,36)22-10-6-5-7-11-22/h5-17,24H,3-4,18-19H2,1-2H3,(H,30,34)/t24-/m1/s1. The largest absolute Gasteiger partial charge is 0.355 e. The fourth-order valence-corrected chi connectivity index (χ4v) is 5.75. The summed E-state index contributed by atoms with van der Waals surface area (Å²) in [6.45, 7) is 3.53. The van der Waals surface area contributed by atoms with Gasteiger partial charge in [0.1, 0.15) is 12.6 Å². The maximum Gasteiger partial charge on any atom is 0.264 e. The van der Waals surface area contributed by atoms with Gasteiger partial charge in [-0.25, -0.2) is 8.42 Å². The third kappa shape index (κ3) is 7.03. The van der Waals surface area contributed by atoms with Crippen LogP contribution in [0.2, 0.25) is 10.0 Å². The number of hydrogen-bond acceptors (Lipinski definition) is 4. The van der Waals surface area contributed by atoms with Crippen LogP contribution >= 0.6 is 23.2 Å². The van der Waals surface area contributed by atoms with Crippen LogP contribution in [-0.2, 0) is 26.2 Å². The third-order valence-electron chi connectivity index (χ3n) is 5.73. The lowest BCUT2D eigenvalue weighted by atomic mass is 10.1. The quantitative estimate of drug-likeness (QED) is 0.351. The van der Waals surface area contributed by atoms with Crippen molar-refractivity contribution >= 4 is 50.7 Å². The van der Waals surface area contributed by atoms with Crippen LogP contribution in [0.15, 0.2) is 83.8 Å². The summed E-state index contributed by atoms with van der Waals surface area (Å²) in [6, 6.07) is 20.4. The van der Waals surface area contributed by atoms with Crippen molar-refractivity contribution in [1.82, 2.24) is 10.2 Å². The normalized spacial score (nSPS) is 12.0. The number of benzene rings is 3. The van der Waals surface area contributed by atoms with Gasteiger partial charge in [-0.1, -0.05) is 72.6 Å². The molecule has 0 unspecified atom stereocenters. The Morgan fingerprint density at radius 1 is 0.892 bits per heavy atom. The highest BCUT2D eigenvalue weighted by Crippen LogP contribution is 2.30. The van der Waals surface area contributed by atoms with Gasteiger partial charge in [-0.15, -0.1) is 0 Å². The zero-order valence-corrected chi connectivity index (χ0v) is 22.9. The summed E-state index contributed by atoms with van der Waals surface area (Å²) >= 11 is 12.4. The van der Waals surface area contributed by atoms with Gasteiger partial charge >= 0.3 is 0 Å². The third-order valence-corrected chi connectivity index (χ3v) is 8.08. The van der Waals surface area contributed by atoms with E-state index in [1.54, 1.807) is 80.6 Å². The summed E-state index contributed by atoms with van der Waals surface area (Å²) < 4.78 is 28.4. The van der Waals surface area contributed by atoms with Crippen LogP contribution in [0.4, 0.5) is 5.69 Å². The molecule has 0 bridgehead atoms. The Kier molecular flexibility index (Phi) is 9.97. The molecule has 0 heterocycles. The van der Waals surface area contributed by atoms with Gasteiger partial charge in [0, 0.05) is 18.1 Å². The number of sulfonamides is 1. The van der Waals surface area contributed by atoms with Crippen molar-refractivity contribution in [2.45, 2.75) is 37.8 Å². The smallest absolute Gasteiger partial charge is 0.264 e. The lowest BCUT2D eigenvalue weighted by molar-refractivity contribution is -0.140. The van der Waals surface area contributed by atoms with Crippen molar-refractivity contribution < 1.29 is 18.0 Å². The molecular formula is C27H29Cl2N3O4S. The molecule has 1 N–H and O–H groups in total. The highest BCUT2D eigenvalue weighted by molar-refractivity contribution is 7.92. The number of halogens is 2. The number of carbonyl (C=O) groups is 2. The molecule has 0 aromatic heterocycles. The van der Waals surface area contributed by atoms with Gasteiger partial charge in [0.25, 0.3) is 10.0 Å². The number of nitrogens with zero attached hydrogens (tertiary/aromatic N) is 2. The fraction of sp³-hybridized carbons (Fsp3) is 0.259. The van der Waals surface area contributed by atoms with E-state index in [0.717, 1.165) is 9.87 Å². The van der Waals surface area contributed by atoms with Crippen LogP contribution in [0.3, 0.4) is 0 Å². The average Bonchev–Trinajstić information content (AvgIpc) is 2.89. The van der Waals surface area contributed by atoms with Crippen molar-refractivity contribution in [1.29, 1.82) is 0 Å². The Morgan fingerprint density at radius 3 is 2.11 bits per heavy atom. The summed E-state index contributed by atoms with van der Waals surface area (Å²) in [7, 11) is -4.16. The first kappa shape index (κ1) is 28.5. The second kappa shape index (κ2) is 12.9. The van der Waals surface area contributed by atoms with Crippen LogP contribution < -0.4 is 9.62 Å². The lowest BCUT2D eigenvalue weighted by Gasteiger charge is -2.33. The number of nitrogens with one attached hydrogen (secondary N) is 1. The predicted molar refractivity (Wildman–Crippen MR) is 147 cm³/mol. The first-order valence-electron chi connectivity index (χ1n) is 11.8. The SMILES string of the molecule is CCNC(=O)[C@@H](CC)N(Cc1ccc(Cl)cc1)C(=O)CN(c1ccccc1Cl)S(=O)(=O)c1ccccc1. The molecule has 0 fully saturated rings. The summed E-state index contributed by atoms with van der Waals surface area (Å²) in [5.74, 6) is -0.866. The predicted octanol–water partition coefficient (Wildman–Crippen LogP) is 5.13. The molecule has 37 heavy (non-hydrogen) atoms. The summed E-state index contributed by atoms with van der Waals surface area (Å²) in [6.07, 6.45) is 0.336. The van der Waals surface area contributed by atoms with Crippen molar-refractivity contribution in [2.75, 3.05) is 17.4 Å². The molecule has 7 nitrogen and oxygen atoms in total. The number of rotatable bonds is 11. The van der Waals surface area contributed by atoms with Gasteiger partial charge in [0.15, 0.2) is 0 Å². The number of para-hydroxylation sites is 1. The minimum absolute atomic E-state index is 0.0164. The molecule has 0 saturated heterocycles. The number of anilines is 1. The Bertz CT molecular complexity index is 1320. The summed E-state index contributed by atoms with van der Waals surface area (Å²) in [5, 5.41) is 3.48. The zero-order valence-electron chi connectivity index (χ0n) is 20.6. The summed E-state index contributed by atoms with van der Waals surface area (Å²) in [5.41, 5.74) is 0.912. The lowest BCUT2D eigenvalue weighted by Crippen LogP contribution is -2.52. The number of carbonyl (C=O) groups excluding carboxylic acids is 2. The van der Waals surface area contributed by atoms with Crippen molar-refractivity contribution in [3.05, 3.63) is 94.5 Å². The van der Waals surface area contributed by atoms with E-state index in [1.165, 1.54) is 17.0 Å². The second-order valence-corrected chi connectivity index (χ2v) is 10.9. The monoisotopic (exact) mass is 561 g/mol. The molecular weight excluding hydrogens is 533 g/mol. The van der Waals surface area contributed by atoms with Gasteiger partial charge in [-0.3, -0.25) is 13.9 Å². The molecule has 2 amide bonds. The Labute approximate surface area is 228 Å². The fourth-order valence-electron chi connectivity index (χ4n) is 3.89. The molecule has 0 aliphatic heterocycles. The van der Waals surface area contributed by atoms with Crippen molar-refractivity contribution in [3.8, 4) is 0 Å². The van der Waals surface area contributed by atoms with E-state index in [1.807, 2.05) is 0 Å². The number of hydrogen-bond donors (Lipinski definition) is 1. The molecule has 3 aromatic rings. The van der Waals surface area contributed by atoms with Crippen LogP contribution in [0, 0.1) is 0 Å². The van der Waals surface area contributed by atoms with E-state index >= 15 is 0 Å². The van der Waals surface area contributed by atoms with Crippen molar-refractivity contribution in [2.24, 2.45) is 0 Å². The Hall–Kier alpha value is -3.07. The maximum atomic E-state index is 13.9. The van der Waals surface area contributed by atoms with E-state index in [9.17, 15) is 18.0 Å². The van der Waals surface area contributed by atoms with E-state index < -0.39 is 28.5 Å². The average molecular weight is 563 g/mol. The molecule has 1 atom stereocenters. The van der Waals surface area contributed by atoms with Crippen molar-refractivity contribution in [3.63, 3.8) is 0 Å². The molecule has 0 spiro atoms. The van der Waals surface area contributed by atoms with E-state index in [4.69, 9.17) is 23.2 Å². The molecule has 10 heteroatoms. The van der Waals surface area contributed by atoms with Crippen LogP contribution in [-0.4, -0.2) is 44.3 Å². The number of likely N-dealkylation sites (N-methyl/N-ethyl adjacent to an activating group) is 1. The van der Waals surface area contributed by atoms with Gasteiger partial charge in [-0.2, -0.15) is 0 Å². The van der Waals surface area contributed by atoms with Crippen LogP contribution in [0.25, 0.3) is 0 Å². The van der Waals surface area contributed by atoms with E-state index in [2.05, 4.69) is 5.32 Å². The zero-order chi connectivity index (χ0) is 27.0. The van der Waals surface area contributed by atoms with E-state index in [0.29, 0.717) is 18.0 Å². The van der Waals surface area contributed by atoms with E-state index in [-0.39, 0.29) is 28.1 Å². The van der Waals surface area contributed by atoms with Crippen LogP contribution in [0.1, 0.15) is 25.8 Å². The molecule has 0 radical (unpaired) electrons. The first-order chi connectivity index (χ1) is 17.7. The maximum absolute atomic E-state index is 13.9. The molecule has 196 valence electrons. The minimum atomic E-state index is -4.16. The molecule has 3 aromatic carbocycles. The Balaban J connectivity index is 2.05. The highest BCUT2D eigenvalue weighted by atomic mass is 35.5. The van der Waals surface area contributed by atoms with Gasteiger partial charge in [0.05, 0.1) is 15.6 Å². The topological polar surface area (TPSA) is 86.8 Å². The van der Waals surface area contributed by atoms with Gasteiger partial charge in [0.2, 0.25) is 11.8 Å².